The largest absolute Gasteiger partial charge is 0.458 e. The number of carbonyl (C=O) groups excluding carboxylic acids is 2. The van der Waals surface area contributed by atoms with Gasteiger partial charge in [0.2, 0.25) is 5.91 Å². The molecule has 0 radical (unpaired) electrons. The fraction of sp³-hybridized carbons (Fsp3) is 0.500. The Morgan fingerprint density at radius 2 is 1.90 bits per heavy atom. The number of nitrogens with zero attached hydrogens (tertiary/aromatic N) is 2. The van der Waals surface area contributed by atoms with E-state index in [1.54, 1.807) is 24.5 Å². The van der Waals surface area contributed by atoms with E-state index in [1.165, 1.54) is 6.07 Å². The highest BCUT2D eigenvalue weighted by molar-refractivity contribution is 5.94. The first-order valence-corrected chi connectivity index (χ1v) is 14.7. The number of hydrogen-bond acceptors (Lipinski definition) is 7. The van der Waals surface area contributed by atoms with Crippen molar-refractivity contribution < 1.29 is 28.9 Å². The topological polar surface area (TPSA) is 131 Å². The van der Waals surface area contributed by atoms with E-state index in [4.69, 9.17) is 9.72 Å². The molecule has 2 aliphatic heterocycles. The molecule has 0 spiro atoms. The van der Waals surface area contributed by atoms with Crippen LogP contribution < -0.4 is 10.9 Å². The molecule has 0 bridgehead atoms. The van der Waals surface area contributed by atoms with E-state index in [9.17, 15) is 24.6 Å². The minimum atomic E-state index is -1.96. The van der Waals surface area contributed by atoms with Crippen LogP contribution in [0.4, 0.5) is 4.39 Å². The van der Waals surface area contributed by atoms with Crippen LogP contribution in [0.2, 0.25) is 0 Å². The maximum absolute atomic E-state index is 15.1. The average Bonchev–Trinajstić information content (AvgIpc) is 3.32. The van der Waals surface area contributed by atoms with Crippen molar-refractivity contribution >= 4 is 22.8 Å². The van der Waals surface area contributed by atoms with Crippen LogP contribution in [0.15, 0.2) is 16.9 Å². The third kappa shape index (κ3) is 3.48. The number of aromatic nitrogens is 2. The SMILES string of the molecule is CCC1(O)CC(C)(C(=O)N[C@H]2CCc3c(C)c(F)cc4nc5c(c2c34)Cn2c-5cc3c(c2=O)COC(=O)[C@]3(O)CC)C1. The molecule has 3 N–H and O–H groups in total. The first-order chi connectivity index (χ1) is 19.8. The zero-order valence-corrected chi connectivity index (χ0v) is 24.2. The second-order valence-corrected chi connectivity index (χ2v) is 12.9. The minimum Gasteiger partial charge on any atom is -0.458 e. The van der Waals surface area contributed by atoms with Gasteiger partial charge in [-0.15, -0.1) is 0 Å². The number of rotatable bonds is 4. The number of hydrogen-bond donors (Lipinski definition) is 3. The second kappa shape index (κ2) is 8.70. The van der Waals surface area contributed by atoms with Crippen molar-refractivity contribution in [3.8, 4) is 11.4 Å². The summed E-state index contributed by atoms with van der Waals surface area (Å²) in [7, 11) is 0. The van der Waals surface area contributed by atoms with E-state index in [1.807, 2.05) is 13.8 Å². The molecule has 7 rings (SSSR count). The van der Waals surface area contributed by atoms with Crippen molar-refractivity contribution in [1.82, 2.24) is 14.9 Å². The maximum Gasteiger partial charge on any atom is 0.343 e. The van der Waals surface area contributed by atoms with Gasteiger partial charge < -0.3 is 24.8 Å². The molecule has 1 aromatic carbocycles. The van der Waals surface area contributed by atoms with Gasteiger partial charge in [-0.3, -0.25) is 9.59 Å². The third-order valence-corrected chi connectivity index (χ3v) is 10.3. The van der Waals surface area contributed by atoms with Gasteiger partial charge in [0.05, 0.1) is 46.1 Å². The molecular weight excluding hydrogens is 541 g/mol. The minimum absolute atomic E-state index is 0.0266. The van der Waals surface area contributed by atoms with Crippen molar-refractivity contribution in [3.05, 3.63) is 61.7 Å². The van der Waals surface area contributed by atoms with Gasteiger partial charge in [-0.2, -0.15) is 0 Å². The van der Waals surface area contributed by atoms with Crippen molar-refractivity contribution in [2.75, 3.05) is 0 Å². The summed E-state index contributed by atoms with van der Waals surface area (Å²) in [5, 5.41) is 25.9. The van der Waals surface area contributed by atoms with E-state index in [2.05, 4.69) is 5.32 Å². The van der Waals surface area contributed by atoms with Crippen molar-refractivity contribution in [1.29, 1.82) is 0 Å². The molecular formula is C32H34FN3O6. The fourth-order valence-corrected chi connectivity index (χ4v) is 7.84. The van der Waals surface area contributed by atoms with E-state index in [0.29, 0.717) is 54.6 Å². The number of benzene rings is 1. The lowest BCUT2D eigenvalue weighted by atomic mass is 9.58. The number of fused-ring (bicyclic) bond motifs is 5. The summed E-state index contributed by atoms with van der Waals surface area (Å²) >= 11 is 0. The Morgan fingerprint density at radius 3 is 2.60 bits per heavy atom. The molecule has 2 atom stereocenters. The van der Waals surface area contributed by atoms with Gasteiger partial charge in [0, 0.05) is 22.6 Å². The highest BCUT2D eigenvalue weighted by atomic mass is 19.1. The lowest BCUT2D eigenvalue weighted by Crippen LogP contribution is -2.57. The zero-order chi connectivity index (χ0) is 29.9. The van der Waals surface area contributed by atoms with Crippen LogP contribution in [-0.4, -0.2) is 37.2 Å². The monoisotopic (exact) mass is 575 g/mol. The standard InChI is InChI=1S/C32H34FN3O6/c1-5-31(40)13-30(4,14-31)28(38)35-21-8-7-16-15(3)20(33)10-22-24(16)25(21)17-11-36-23(26(17)34-22)9-19-18(27(36)37)12-42-29(39)32(19,41)6-2/h9-10,21,40-41H,5-8,11-14H2,1-4H3,(H,35,38)/t21-,30?,31?,32-/m0/s1. The lowest BCUT2D eigenvalue weighted by Gasteiger charge is -2.50. The summed E-state index contributed by atoms with van der Waals surface area (Å²) in [6.45, 7) is 7.13. The molecule has 1 saturated carbocycles. The lowest BCUT2D eigenvalue weighted by molar-refractivity contribution is -0.172. The van der Waals surface area contributed by atoms with E-state index >= 15 is 4.39 Å². The van der Waals surface area contributed by atoms with Crippen LogP contribution in [-0.2, 0) is 39.5 Å². The Balaban J connectivity index is 1.41. The molecule has 0 unspecified atom stereocenters. The molecule has 3 aromatic rings. The smallest absolute Gasteiger partial charge is 0.343 e. The van der Waals surface area contributed by atoms with Gasteiger partial charge in [0.25, 0.3) is 5.56 Å². The van der Waals surface area contributed by atoms with E-state index < -0.39 is 28.6 Å². The number of halogens is 1. The van der Waals surface area contributed by atoms with Crippen LogP contribution in [0, 0.1) is 18.2 Å². The Kier molecular flexibility index (Phi) is 5.64. The van der Waals surface area contributed by atoms with Crippen LogP contribution in [0.1, 0.15) is 92.3 Å². The second-order valence-electron chi connectivity index (χ2n) is 12.9. The number of esters is 1. The first-order valence-electron chi connectivity index (χ1n) is 14.7. The van der Waals surface area contributed by atoms with Crippen LogP contribution in [0.5, 0.6) is 0 Å². The van der Waals surface area contributed by atoms with Gasteiger partial charge in [-0.1, -0.05) is 20.8 Å². The summed E-state index contributed by atoms with van der Waals surface area (Å²) < 4.78 is 21.9. The Morgan fingerprint density at radius 1 is 1.17 bits per heavy atom. The molecule has 0 saturated heterocycles. The number of cyclic esters (lactones) is 1. The number of ether oxygens (including phenoxy) is 1. The molecule has 2 aromatic heterocycles. The van der Waals surface area contributed by atoms with Crippen LogP contribution in [0.3, 0.4) is 0 Å². The molecule has 1 fully saturated rings. The molecule has 9 nitrogen and oxygen atoms in total. The number of pyridine rings is 2. The summed E-state index contributed by atoms with van der Waals surface area (Å²) in [6, 6.07) is 2.63. The Bertz CT molecular complexity index is 1810. The van der Waals surface area contributed by atoms with Crippen LogP contribution >= 0.6 is 0 Å². The number of amides is 1. The fourth-order valence-electron chi connectivity index (χ4n) is 7.84. The summed E-state index contributed by atoms with van der Waals surface area (Å²) in [6.07, 6.45) is 2.47. The summed E-state index contributed by atoms with van der Waals surface area (Å²) in [4.78, 5) is 44.8. The van der Waals surface area contributed by atoms with Gasteiger partial charge in [0.15, 0.2) is 5.60 Å². The predicted octanol–water partition coefficient (Wildman–Crippen LogP) is 3.57. The maximum atomic E-state index is 15.1. The quantitative estimate of drug-likeness (QED) is 0.317. The molecule has 2 aliphatic carbocycles. The van der Waals surface area contributed by atoms with Gasteiger partial charge >= 0.3 is 5.97 Å². The number of carbonyl (C=O) groups is 2. The zero-order valence-electron chi connectivity index (χ0n) is 24.2. The molecule has 4 heterocycles. The van der Waals surface area contributed by atoms with E-state index in [-0.39, 0.29) is 48.0 Å². The molecule has 4 aliphatic rings. The Labute approximate surface area is 241 Å². The van der Waals surface area contributed by atoms with Crippen molar-refractivity contribution in [3.63, 3.8) is 0 Å². The molecule has 42 heavy (non-hydrogen) atoms. The number of nitrogens with one attached hydrogen (secondary N) is 1. The summed E-state index contributed by atoms with van der Waals surface area (Å²) in [5.74, 6) is -1.31. The number of aliphatic hydroxyl groups is 2. The first kappa shape index (κ1) is 27.2. The van der Waals surface area contributed by atoms with E-state index in [0.717, 1.165) is 22.1 Å². The molecule has 1 amide bonds. The third-order valence-electron chi connectivity index (χ3n) is 10.3. The van der Waals surface area contributed by atoms with Crippen LogP contribution in [0.25, 0.3) is 22.3 Å². The van der Waals surface area contributed by atoms with Gasteiger partial charge in [-0.25, -0.2) is 14.2 Å². The molecule has 220 valence electrons. The van der Waals surface area contributed by atoms with Crippen molar-refractivity contribution in [2.24, 2.45) is 5.41 Å². The number of aryl methyl sites for hydroxylation is 1. The molecule has 10 heteroatoms. The summed E-state index contributed by atoms with van der Waals surface area (Å²) in [5.41, 5.74) is 0.872. The van der Waals surface area contributed by atoms with Gasteiger partial charge in [-0.05, 0) is 68.2 Å². The average molecular weight is 576 g/mol. The normalized spacial score (nSPS) is 28.9. The highest BCUT2D eigenvalue weighted by Crippen LogP contribution is 2.51. The predicted molar refractivity (Wildman–Crippen MR) is 151 cm³/mol. The van der Waals surface area contributed by atoms with Crippen molar-refractivity contribution in [2.45, 2.75) is 96.6 Å². The highest BCUT2D eigenvalue weighted by Gasteiger charge is 2.54. The van der Waals surface area contributed by atoms with Gasteiger partial charge in [0.1, 0.15) is 12.4 Å². The Hall–Kier alpha value is -3.63.